The van der Waals surface area contributed by atoms with Crippen molar-refractivity contribution in [3.05, 3.63) is 0 Å². The van der Waals surface area contributed by atoms with E-state index in [1.165, 1.54) is 44.3 Å². The lowest BCUT2D eigenvalue weighted by Gasteiger charge is -2.00. The van der Waals surface area contributed by atoms with Crippen LogP contribution in [-0.2, 0) is 4.74 Å². The molecule has 74 valence electrons. The van der Waals surface area contributed by atoms with E-state index in [2.05, 4.69) is 6.92 Å². The van der Waals surface area contributed by atoms with Gasteiger partial charge >= 0.3 is 0 Å². The fraction of sp³-hybridized carbons (Fsp3) is 1.00. The normalized spacial score (nSPS) is 10.5. The number of ether oxygens (including phenoxy) is 1. The SMILES string of the molecule is CCCCCCCCSCOC. The Kier molecular flexibility index (Phi) is 11.6. The third-order valence-electron chi connectivity index (χ3n) is 1.84. The minimum Gasteiger partial charge on any atom is -0.374 e. The third kappa shape index (κ3) is 10.3. The monoisotopic (exact) mass is 190 g/mol. The summed E-state index contributed by atoms with van der Waals surface area (Å²) >= 11 is 1.89. The van der Waals surface area contributed by atoms with Crippen molar-refractivity contribution in [1.82, 2.24) is 0 Å². The van der Waals surface area contributed by atoms with Crippen LogP contribution in [-0.4, -0.2) is 18.8 Å². The Morgan fingerprint density at radius 1 is 1.00 bits per heavy atom. The van der Waals surface area contributed by atoms with Gasteiger partial charge in [0.25, 0.3) is 0 Å². The highest BCUT2D eigenvalue weighted by atomic mass is 32.2. The Morgan fingerprint density at radius 3 is 2.33 bits per heavy atom. The van der Waals surface area contributed by atoms with Gasteiger partial charge in [-0.15, -0.1) is 11.8 Å². The standard InChI is InChI=1S/C10H22OS/c1-3-4-5-6-7-8-9-12-10-11-2/h3-10H2,1-2H3. The molecular formula is C10H22OS. The largest absolute Gasteiger partial charge is 0.374 e. The average molecular weight is 190 g/mol. The summed E-state index contributed by atoms with van der Waals surface area (Å²) < 4.78 is 4.95. The molecule has 0 radical (unpaired) electrons. The Hall–Kier alpha value is 0.310. The maximum Gasteiger partial charge on any atom is 0.0917 e. The summed E-state index contributed by atoms with van der Waals surface area (Å²) in [6.07, 6.45) is 8.35. The van der Waals surface area contributed by atoms with Gasteiger partial charge in [0.05, 0.1) is 5.94 Å². The van der Waals surface area contributed by atoms with Crippen molar-refractivity contribution in [2.45, 2.75) is 45.4 Å². The summed E-state index contributed by atoms with van der Waals surface area (Å²) in [6, 6.07) is 0. The van der Waals surface area contributed by atoms with Gasteiger partial charge in [0, 0.05) is 7.11 Å². The molecule has 2 heteroatoms. The molecule has 0 heterocycles. The van der Waals surface area contributed by atoms with E-state index < -0.39 is 0 Å². The van der Waals surface area contributed by atoms with Gasteiger partial charge in [0.2, 0.25) is 0 Å². The Balaban J connectivity index is 2.73. The first-order valence-electron chi connectivity index (χ1n) is 4.98. The molecule has 12 heavy (non-hydrogen) atoms. The lowest BCUT2D eigenvalue weighted by molar-refractivity contribution is 0.259. The maximum atomic E-state index is 4.95. The van der Waals surface area contributed by atoms with Crippen molar-refractivity contribution in [3.63, 3.8) is 0 Å². The molecule has 0 aromatic heterocycles. The van der Waals surface area contributed by atoms with E-state index in [0.29, 0.717) is 0 Å². The molecule has 0 saturated heterocycles. The molecule has 0 spiro atoms. The second-order valence-corrected chi connectivity index (χ2v) is 4.13. The Labute approximate surface area is 81.3 Å². The van der Waals surface area contributed by atoms with Crippen LogP contribution in [0.3, 0.4) is 0 Å². The van der Waals surface area contributed by atoms with Crippen LogP contribution in [0.4, 0.5) is 0 Å². The molecule has 0 saturated carbocycles. The van der Waals surface area contributed by atoms with Gasteiger partial charge < -0.3 is 4.74 Å². The molecule has 0 aromatic carbocycles. The first kappa shape index (κ1) is 12.3. The van der Waals surface area contributed by atoms with Gasteiger partial charge in [0.1, 0.15) is 0 Å². The van der Waals surface area contributed by atoms with Crippen molar-refractivity contribution >= 4 is 11.8 Å². The molecule has 0 atom stereocenters. The maximum absolute atomic E-state index is 4.95. The van der Waals surface area contributed by atoms with Crippen molar-refractivity contribution in [1.29, 1.82) is 0 Å². The number of thioether (sulfide) groups is 1. The molecule has 0 N–H and O–H groups in total. The number of unbranched alkanes of at least 4 members (excludes halogenated alkanes) is 5. The zero-order valence-electron chi connectivity index (χ0n) is 8.47. The van der Waals surface area contributed by atoms with Crippen molar-refractivity contribution < 1.29 is 4.74 Å². The molecule has 0 bridgehead atoms. The topological polar surface area (TPSA) is 9.23 Å². The van der Waals surface area contributed by atoms with E-state index in [9.17, 15) is 0 Å². The Bertz CT molecular complexity index is 66.2. The first-order valence-corrected chi connectivity index (χ1v) is 6.14. The van der Waals surface area contributed by atoms with Crippen molar-refractivity contribution in [2.75, 3.05) is 18.8 Å². The quantitative estimate of drug-likeness (QED) is 0.405. The Morgan fingerprint density at radius 2 is 1.67 bits per heavy atom. The number of hydrogen-bond acceptors (Lipinski definition) is 2. The van der Waals surface area contributed by atoms with Gasteiger partial charge in [-0.2, -0.15) is 0 Å². The van der Waals surface area contributed by atoms with E-state index >= 15 is 0 Å². The summed E-state index contributed by atoms with van der Waals surface area (Å²) in [5, 5.41) is 0. The van der Waals surface area contributed by atoms with Gasteiger partial charge in [-0.3, -0.25) is 0 Å². The second kappa shape index (κ2) is 11.3. The first-order chi connectivity index (χ1) is 5.91. The predicted octanol–water partition coefficient (Wildman–Crippen LogP) is 3.68. The van der Waals surface area contributed by atoms with Gasteiger partial charge in [-0.05, 0) is 12.2 Å². The molecular weight excluding hydrogens is 168 g/mol. The van der Waals surface area contributed by atoms with E-state index in [0.717, 1.165) is 5.94 Å². The van der Waals surface area contributed by atoms with Gasteiger partial charge in [-0.1, -0.05) is 39.0 Å². The van der Waals surface area contributed by atoms with Gasteiger partial charge in [-0.25, -0.2) is 0 Å². The van der Waals surface area contributed by atoms with Crippen LogP contribution in [0.2, 0.25) is 0 Å². The van der Waals surface area contributed by atoms with Crippen molar-refractivity contribution in [2.24, 2.45) is 0 Å². The molecule has 0 fully saturated rings. The number of methoxy groups -OCH3 is 1. The van der Waals surface area contributed by atoms with Crippen LogP contribution in [0.5, 0.6) is 0 Å². The summed E-state index contributed by atoms with van der Waals surface area (Å²) in [5.74, 6) is 2.12. The number of hydrogen-bond donors (Lipinski definition) is 0. The van der Waals surface area contributed by atoms with Crippen LogP contribution in [0, 0.1) is 0 Å². The van der Waals surface area contributed by atoms with Crippen LogP contribution in [0.25, 0.3) is 0 Å². The number of rotatable bonds is 9. The van der Waals surface area contributed by atoms with Gasteiger partial charge in [0.15, 0.2) is 0 Å². The fourth-order valence-electron chi connectivity index (χ4n) is 1.13. The lowest BCUT2D eigenvalue weighted by Crippen LogP contribution is -1.86. The summed E-state index contributed by atoms with van der Waals surface area (Å²) in [6.45, 7) is 2.26. The zero-order valence-corrected chi connectivity index (χ0v) is 9.29. The van der Waals surface area contributed by atoms with E-state index in [1.807, 2.05) is 11.8 Å². The fourth-order valence-corrected chi connectivity index (χ4v) is 1.82. The van der Waals surface area contributed by atoms with E-state index in [1.54, 1.807) is 7.11 Å². The highest BCUT2D eigenvalue weighted by molar-refractivity contribution is 7.99. The molecule has 0 aromatic rings. The third-order valence-corrected chi connectivity index (χ3v) is 2.82. The lowest BCUT2D eigenvalue weighted by atomic mass is 10.1. The molecule has 0 aliphatic carbocycles. The highest BCUT2D eigenvalue weighted by Gasteiger charge is 1.90. The second-order valence-electron chi connectivity index (χ2n) is 3.08. The molecule has 0 aliphatic heterocycles. The van der Waals surface area contributed by atoms with E-state index in [-0.39, 0.29) is 0 Å². The molecule has 1 nitrogen and oxygen atoms in total. The van der Waals surface area contributed by atoms with E-state index in [4.69, 9.17) is 4.74 Å². The molecule has 0 aliphatic rings. The summed E-state index contributed by atoms with van der Waals surface area (Å²) in [7, 11) is 1.76. The average Bonchev–Trinajstić information content (AvgIpc) is 2.10. The molecule has 0 amide bonds. The van der Waals surface area contributed by atoms with Crippen molar-refractivity contribution in [3.8, 4) is 0 Å². The predicted molar refractivity (Wildman–Crippen MR) is 57.7 cm³/mol. The summed E-state index contributed by atoms with van der Waals surface area (Å²) in [4.78, 5) is 0. The minimum absolute atomic E-state index is 0.856. The smallest absolute Gasteiger partial charge is 0.0917 e. The molecule has 0 unspecified atom stereocenters. The molecule has 0 rings (SSSR count). The van der Waals surface area contributed by atoms with Crippen LogP contribution < -0.4 is 0 Å². The van der Waals surface area contributed by atoms with Crippen LogP contribution in [0.15, 0.2) is 0 Å². The zero-order chi connectivity index (χ0) is 9.07. The van der Waals surface area contributed by atoms with Crippen LogP contribution >= 0.6 is 11.8 Å². The minimum atomic E-state index is 0.856. The van der Waals surface area contributed by atoms with Crippen LogP contribution in [0.1, 0.15) is 45.4 Å². The summed E-state index contributed by atoms with van der Waals surface area (Å²) in [5.41, 5.74) is 0. The highest BCUT2D eigenvalue weighted by Crippen LogP contribution is 2.09.